The molecule has 102 valence electrons. The van der Waals surface area contributed by atoms with Gasteiger partial charge in [0.1, 0.15) is 17.3 Å². The van der Waals surface area contributed by atoms with E-state index in [0.29, 0.717) is 6.61 Å². The Morgan fingerprint density at radius 2 is 2.21 bits per heavy atom. The molecule has 1 atom stereocenters. The summed E-state index contributed by atoms with van der Waals surface area (Å²) in [7, 11) is 1.90. The zero-order valence-corrected chi connectivity index (χ0v) is 11.6. The fourth-order valence-corrected chi connectivity index (χ4v) is 1.97. The van der Waals surface area contributed by atoms with Crippen molar-refractivity contribution in [1.82, 2.24) is 10.3 Å². The number of rotatable bonds is 6. The fraction of sp³-hybridized carbons (Fsp3) is 0.400. The van der Waals surface area contributed by atoms with Gasteiger partial charge in [0.2, 0.25) is 0 Å². The van der Waals surface area contributed by atoms with Gasteiger partial charge in [-0.1, -0.05) is 6.92 Å². The number of aryl methyl sites for hydroxylation is 1. The van der Waals surface area contributed by atoms with Gasteiger partial charge in [-0.2, -0.15) is 0 Å². The van der Waals surface area contributed by atoms with Gasteiger partial charge >= 0.3 is 0 Å². The number of hydrogen-bond donors (Lipinski definition) is 1. The average Bonchev–Trinajstić information content (AvgIpc) is 2.84. The highest BCUT2D eigenvalue weighted by Gasteiger charge is 2.16. The fourth-order valence-electron chi connectivity index (χ4n) is 1.97. The van der Waals surface area contributed by atoms with Crippen LogP contribution in [0, 0.1) is 6.92 Å². The first-order chi connectivity index (χ1) is 9.24. The minimum absolute atomic E-state index is 0.00798. The number of nitrogens with zero attached hydrogens (tertiary/aromatic N) is 1. The summed E-state index contributed by atoms with van der Waals surface area (Å²) in [6.07, 6.45) is 4.55. The smallest absolute Gasteiger partial charge is 0.137 e. The Hall–Kier alpha value is -1.81. The summed E-state index contributed by atoms with van der Waals surface area (Å²) in [6, 6.07) is 5.94. The molecule has 0 aromatic carbocycles. The Balaban J connectivity index is 2.23. The van der Waals surface area contributed by atoms with E-state index in [1.807, 2.05) is 38.4 Å². The van der Waals surface area contributed by atoms with Crippen LogP contribution in [-0.4, -0.2) is 18.6 Å². The third-order valence-electron chi connectivity index (χ3n) is 2.87. The highest BCUT2D eigenvalue weighted by atomic mass is 16.5. The maximum absolute atomic E-state index is 5.68. The van der Waals surface area contributed by atoms with Crippen molar-refractivity contribution in [3.05, 3.63) is 47.7 Å². The number of pyridine rings is 1. The average molecular weight is 260 g/mol. The summed E-state index contributed by atoms with van der Waals surface area (Å²) >= 11 is 0. The van der Waals surface area contributed by atoms with Crippen LogP contribution in [0.2, 0.25) is 0 Å². The molecule has 0 saturated heterocycles. The quantitative estimate of drug-likeness (QED) is 0.867. The van der Waals surface area contributed by atoms with Gasteiger partial charge in [0, 0.05) is 6.20 Å². The van der Waals surface area contributed by atoms with Crippen molar-refractivity contribution in [1.29, 1.82) is 0 Å². The van der Waals surface area contributed by atoms with Crippen LogP contribution in [0.25, 0.3) is 0 Å². The van der Waals surface area contributed by atoms with E-state index in [-0.39, 0.29) is 6.04 Å². The molecule has 1 N–H and O–H groups in total. The van der Waals surface area contributed by atoms with Gasteiger partial charge in [0.25, 0.3) is 0 Å². The van der Waals surface area contributed by atoms with E-state index in [1.54, 1.807) is 6.20 Å². The number of hydrogen-bond acceptors (Lipinski definition) is 4. The first kappa shape index (κ1) is 13.6. The molecule has 2 aromatic rings. The number of furan rings is 1. The Labute approximate surface area is 113 Å². The molecular formula is C15H20N2O2. The Bertz CT molecular complexity index is 522. The molecule has 2 heterocycles. The van der Waals surface area contributed by atoms with Crippen molar-refractivity contribution >= 4 is 0 Å². The van der Waals surface area contributed by atoms with Gasteiger partial charge in [-0.25, -0.2) is 0 Å². The number of aromatic nitrogens is 1. The van der Waals surface area contributed by atoms with Crippen molar-refractivity contribution in [2.75, 3.05) is 13.7 Å². The van der Waals surface area contributed by atoms with Gasteiger partial charge in [-0.05, 0) is 44.2 Å². The van der Waals surface area contributed by atoms with E-state index in [9.17, 15) is 0 Å². The molecule has 0 radical (unpaired) electrons. The van der Waals surface area contributed by atoms with Gasteiger partial charge < -0.3 is 14.5 Å². The second-order valence-electron chi connectivity index (χ2n) is 4.47. The molecule has 1 unspecified atom stereocenters. The van der Waals surface area contributed by atoms with Crippen LogP contribution in [0.5, 0.6) is 5.75 Å². The van der Waals surface area contributed by atoms with Crippen molar-refractivity contribution in [3.8, 4) is 5.75 Å². The summed E-state index contributed by atoms with van der Waals surface area (Å²) in [5.41, 5.74) is 1.03. The monoisotopic (exact) mass is 260 g/mol. The van der Waals surface area contributed by atoms with Crippen LogP contribution in [0.3, 0.4) is 0 Å². The summed E-state index contributed by atoms with van der Waals surface area (Å²) < 4.78 is 11.3. The predicted molar refractivity (Wildman–Crippen MR) is 74.4 cm³/mol. The molecule has 2 rings (SSSR count). The molecule has 0 bridgehead atoms. The van der Waals surface area contributed by atoms with Crippen LogP contribution in [0.1, 0.15) is 36.5 Å². The lowest BCUT2D eigenvalue weighted by Gasteiger charge is -2.15. The molecule has 0 spiro atoms. The van der Waals surface area contributed by atoms with Crippen LogP contribution < -0.4 is 10.1 Å². The van der Waals surface area contributed by atoms with E-state index in [2.05, 4.69) is 17.2 Å². The highest BCUT2D eigenvalue weighted by molar-refractivity contribution is 5.30. The Kier molecular flexibility index (Phi) is 4.58. The minimum atomic E-state index is -0.00798. The number of nitrogens with one attached hydrogen (secondary N) is 1. The van der Waals surface area contributed by atoms with E-state index < -0.39 is 0 Å². The zero-order chi connectivity index (χ0) is 13.7. The molecule has 0 aliphatic heterocycles. The standard InChI is InChI=1S/C15H20N2O2/c1-4-7-18-13-8-12(9-17-10-13)15(16-3)14-6-5-11(2)19-14/h5-6,8-10,15-16H,4,7H2,1-3H3. The third-order valence-corrected chi connectivity index (χ3v) is 2.87. The second-order valence-corrected chi connectivity index (χ2v) is 4.47. The summed E-state index contributed by atoms with van der Waals surface area (Å²) in [6.45, 7) is 4.73. The Morgan fingerprint density at radius 1 is 1.37 bits per heavy atom. The van der Waals surface area contributed by atoms with Gasteiger partial charge in [0.05, 0.1) is 18.8 Å². The number of ether oxygens (including phenoxy) is 1. The SMILES string of the molecule is CCCOc1cncc(C(NC)c2ccc(C)o2)c1. The lowest BCUT2D eigenvalue weighted by atomic mass is 10.1. The van der Waals surface area contributed by atoms with Crippen molar-refractivity contribution in [3.63, 3.8) is 0 Å². The maximum atomic E-state index is 5.68. The molecule has 0 amide bonds. The van der Waals surface area contributed by atoms with E-state index in [4.69, 9.17) is 9.15 Å². The maximum Gasteiger partial charge on any atom is 0.137 e. The highest BCUT2D eigenvalue weighted by Crippen LogP contribution is 2.25. The molecule has 2 aromatic heterocycles. The van der Waals surface area contributed by atoms with Crippen molar-refractivity contribution < 1.29 is 9.15 Å². The summed E-state index contributed by atoms with van der Waals surface area (Å²) in [5.74, 6) is 2.58. The van der Waals surface area contributed by atoms with E-state index in [1.165, 1.54) is 0 Å². The molecular weight excluding hydrogens is 240 g/mol. The topological polar surface area (TPSA) is 47.3 Å². The molecule has 0 fully saturated rings. The Morgan fingerprint density at radius 3 is 2.84 bits per heavy atom. The molecule has 4 heteroatoms. The first-order valence-electron chi connectivity index (χ1n) is 6.56. The second kappa shape index (κ2) is 6.38. The molecule has 0 saturated carbocycles. The normalized spacial score (nSPS) is 12.4. The lowest BCUT2D eigenvalue weighted by molar-refractivity contribution is 0.315. The molecule has 0 aliphatic rings. The lowest BCUT2D eigenvalue weighted by Crippen LogP contribution is -2.17. The van der Waals surface area contributed by atoms with E-state index in [0.717, 1.165) is 29.3 Å². The molecule has 19 heavy (non-hydrogen) atoms. The van der Waals surface area contributed by atoms with Crippen molar-refractivity contribution in [2.45, 2.75) is 26.3 Å². The summed E-state index contributed by atoms with van der Waals surface area (Å²) in [4.78, 5) is 4.23. The molecule has 4 nitrogen and oxygen atoms in total. The molecule has 0 aliphatic carbocycles. The third kappa shape index (κ3) is 3.35. The van der Waals surface area contributed by atoms with E-state index >= 15 is 0 Å². The largest absolute Gasteiger partial charge is 0.492 e. The minimum Gasteiger partial charge on any atom is -0.492 e. The summed E-state index contributed by atoms with van der Waals surface area (Å²) in [5, 5.41) is 3.24. The van der Waals surface area contributed by atoms with Crippen LogP contribution in [-0.2, 0) is 0 Å². The predicted octanol–water partition coefficient (Wildman–Crippen LogP) is 3.08. The van der Waals surface area contributed by atoms with Gasteiger partial charge in [-0.3, -0.25) is 4.98 Å². The van der Waals surface area contributed by atoms with Crippen molar-refractivity contribution in [2.24, 2.45) is 0 Å². The van der Waals surface area contributed by atoms with Crippen LogP contribution in [0.4, 0.5) is 0 Å². The van der Waals surface area contributed by atoms with Gasteiger partial charge in [-0.15, -0.1) is 0 Å². The first-order valence-corrected chi connectivity index (χ1v) is 6.56. The van der Waals surface area contributed by atoms with Gasteiger partial charge in [0.15, 0.2) is 0 Å². The zero-order valence-electron chi connectivity index (χ0n) is 11.6. The van der Waals surface area contributed by atoms with Crippen LogP contribution in [0.15, 0.2) is 35.0 Å². The van der Waals surface area contributed by atoms with Crippen LogP contribution >= 0.6 is 0 Å².